The number of nitrogens with zero attached hydrogens (tertiary/aromatic N) is 2. The van der Waals surface area contributed by atoms with E-state index < -0.39 is 5.97 Å². The van der Waals surface area contributed by atoms with Crippen LogP contribution in [0.1, 0.15) is 10.5 Å². The van der Waals surface area contributed by atoms with Gasteiger partial charge in [-0.2, -0.15) is 0 Å². The molecule has 2 aromatic rings. The first kappa shape index (κ1) is 10.3. The normalized spacial score (nSPS) is 10.2. The molecular formula is C9H5BrN2O2S. The van der Waals surface area contributed by atoms with Crippen molar-refractivity contribution in [1.29, 1.82) is 0 Å². The molecule has 0 bridgehead atoms. The molecule has 2 rings (SSSR count). The van der Waals surface area contributed by atoms with Crippen LogP contribution in [0.15, 0.2) is 28.2 Å². The molecule has 2 aromatic heterocycles. The monoisotopic (exact) mass is 284 g/mol. The Kier molecular flexibility index (Phi) is 2.79. The summed E-state index contributed by atoms with van der Waals surface area (Å²) in [6, 6.07) is 3.62. The molecular weight excluding hydrogens is 280 g/mol. The van der Waals surface area contributed by atoms with Crippen LogP contribution < -0.4 is 0 Å². The van der Waals surface area contributed by atoms with E-state index in [1.165, 1.54) is 16.7 Å². The number of thiazole rings is 1. The maximum absolute atomic E-state index is 10.6. The average molecular weight is 285 g/mol. The van der Waals surface area contributed by atoms with Crippen LogP contribution in [0, 0.1) is 0 Å². The predicted molar refractivity (Wildman–Crippen MR) is 60.0 cm³/mol. The number of rotatable bonds is 2. The van der Waals surface area contributed by atoms with Crippen LogP contribution in [0.5, 0.6) is 0 Å². The van der Waals surface area contributed by atoms with Crippen molar-refractivity contribution in [2.75, 3.05) is 0 Å². The topological polar surface area (TPSA) is 63.1 Å². The van der Waals surface area contributed by atoms with Gasteiger partial charge in [-0.1, -0.05) is 0 Å². The van der Waals surface area contributed by atoms with Crippen molar-refractivity contribution < 1.29 is 9.90 Å². The number of hydrogen-bond acceptors (Lipinski definition) is 4. The van der Waals surface area contributed by atoms with Gasteiger partial charge in [-0.15, -0.1) is 11.3 Å². The number of carboxylic acids is 1. The van der Waals surface area contributed by atoms with Crippen LogP contribution in [0.4, 0.5) is 0 Å². The Morgan fingerprint density at radius 2 is 2.27 bits per heavy atom. The summed E-state index contributed by atoms with van der Waals surface area (Å²) in [7, 11) is 0. The molecule has 15 heavy (non-hydrogen) atoms. The molecule has 0 aliphatic heterocycles. The quantitative estimate of drug-likeness (QED) is 0.921. The predicted octanol–water partition coefficient (Wildman–Crippen LogP) is 2.67. The third-order valence-electron chi connectivity index (χ3n) is 1.67. The van der Waals surface area contributed by atoms with E-state index in [2.05, 4.69) is 25.9 Å². The molecule has 0 aromatic carbocycles. The summed E-state index contributed by atoms with van der Waals surface area (Å²) in [5.74, 6) is -1.02. The summed E-state index contributed by atoms with van der Waals surface area (Å²) in [6.45, 7) is 0. The summed E-state index contributed by atoms with van der Waals surface area (Å²) in [4.78, 5) is 18.7. The largest absolute Gasteiger partial charge is 0.476 e. The summed E-state index contributed by atoms with van der Waals surface area (Å²) in [6.07, 6.45) is 1.65. The maximum atomic E-state index is 10.6. The lowest BCUT2D eigenvalue weighted by Gasteiger charge is -1.94. The van der Waals surface area contributed by atoms with Gasteiger partial charge >= 0.3 is 5.97 Å². The van der Waals surface area contributed by atoms with E-state index in [9.17, 15) is 4.79 Å². The molecule has 4 nitrogen and oxygen atoms in total. The zero-order valence-corrected chi connectivity index (χ0v) is 9.75. The lowest BCUT2D eigenvalue weighted by atomic mass is 10.4. The molecule has 2 heterocycles. The molecule has 0 saturated carbocycles. The Morgan fingerprint density at radius 1 is 1.47 bits per heavy atom. The molecule has 0 fully saturated rings. The van der Waals surface area contributed by atoms with E-state index in [0.717, 1.165) is 4.47 Å². The van der Waals surface area contributed by atoms with Gasteiger partial charge in [0.25, 0.3) is 0 Å². The van der Waals surface area contributed by atoms with E-state index in [0.29, 0.717) is 10.7 Å². The van der Waals surface area contributed by atoms with Gasteiger partial charge in [0.2, 0.25) is 0 Å². The van der Waals surface area contributed by atoms with Crippen molar-refractivity contribution in [3.63, 3.8) is 0 Å². The number of hydrogen-bond donors (Lipinski definition) is 1. The van der Waals surface area contributed by atoms with E-state index in [-0.39, 0.29) is 5.69 Å². The molecule has 76 valence electrons. The smallest absolute Gasteiger partial charge is 0.355 e. The van der Waals surface area contributed by atoms with Crippen molar-refractivity contribution in [2.24, 2.45) is 0 Å². The highest BCUT2D eigenvalue weighted by molar-refractivity contribution is 9.10. The molecule has 1 N–H and O–H groups in total. The Labute approximate surface area is 97.8 Å². The lowest BCUT2D eigenvalue weighted by molar-refractivity contribution is 0.0691. The number of aromatic nitrogens is 2. The minimum atomic E-state index is -1.02. The number of pyridine rings is 1. The fourth-order valence-corrected chi connectivity index (χ4v) is 2.00. The molecule has 6 heteroatoms. The summed E-state index contributed by atoms with van der Waals surface area (Å²) < 4.78 is 0.876. The van der Waals surface area contributed by atoms with Crippen LogP contribution >= 0.6 is 27.3 Å². The molecule has 0 saturated heterocycles. The van der Waals surface area contributed by atoms with Crippen molar-refractivity contribution in [3.8, 4) is 10.7 Å². The first-order chi connectivity index (χ1) is 7.16. The first-order valence-electron chi connectivity index (χ1n) is 3.97. The van der Waals surface area contributed by atoms with E-state index >= 15 is 0 Å². The summed E-state index contributed by atoms with van der Waals surface area (Å²) in [5.41, 5.74) is 0.732. The van der Waals surface area contributed by atoms with E-state index in [1.54, 1.807) is 12.3 Å². The highest BCUT2D eigenvalue weighted by atomic mass is 79.9. The molecule has 0 unspecified atom stereocenters. The molecule has 0 amide bonds. The van der Waals surface area contributed by atoms with Crippen LogP contribution in [0.3, 0.4) is 0 Å². The Hall–Kier alpha value is -1.27. The van der Waals surface area contributed by atoms with Crippen LogP contribution in [-0.4, -0.2) is 21.0 Å². The first-order valence-corrected chi connectivity index (χ1v) is 5.65. The van der Waals surface area contributed by atoms with Gasteiger partial charge in [-0.25, -0.2) is 9.78 Å². The third-order valence-corrected chi connectivity index (χ3v) is 3.00. The van der Waals surface area contributed by atoms with Gasteiger partial charge in [0, 0.05) is 16.0 Å². The van der Waals surface area contributed by atoms with E-state index in [1.807, 2.05) is 6.07 Å². The van der Waals surface area contributed by atoms with Crippen LogP contribution in [-0.2, 0) is 0 Å². The Bertz CT molecular complexity index is 495. The minimum Gasteiger partial charge on any atom is -0.476 e. The Morgan fingerprint density at radius 3 is 2.80 bits per heavy atom. The van der Waals surface area contributed by atoms with Gasteiger partial charge in [0.05, 0.1) is 5.69 Å². The lowest BCUT2D eigenvalue weighted by Crippen LogP contribution is -1.95. The van der Waals surface area contributed by atoms with Crippen molar-refractivity contribution in [2.45, 2.75) is 0 Å². The standard InChI is InChI=1S/C9H5BrN2O2S/c10-5-1-2-6(11-3-5)8-12-7(4-15-8)9(13)14/h1-4H,(H,13,14). The van der Waals surface area contributed by atoms with Crippen molar-refractivity contribution >= 4 is 33.2 Å². The molecule has 0 atom stereocenters. The second-order valence-electron chi connectivity index (χ2n) is 2.70. The number of carboxylic acid groups (broad SMARTS) is 1. The summed E-state index contributed by atoms with van der Waals surface area (Å²) in [5, 5.41) is 10.8. The number of halogens is 1. The van der Waals surface area contributed by atoms with Gasteiger partial charge < -0.3 is 5.11 Å². The van der Waals surface area contributed by atoms with Gasteiger partial charge in [-0.05, 0) is 28.1 Å². The van der Waals surface area contributed by atoms with Gasteiger partial charge in [-0.3, -0.25) is 4.98 Å². The highest BCUT2D eigenvalue weighted by Gasteiger charge is 2.10. The van der Waals surface area contributed by atoms with Crippen LogP contribution in [0.2, 0.25) is 0 Å². The van der Waals surface area contributed by atoms with E-state index in [4.69, 9.17) is 5.11 Å². The number of carbonyl (C=O) groups is 1. The third kappa shape index (κ3) is 2.21. The maximum Gasteiger partial charge on any atom is 0.355 e. The Balaban J connectivity index is 2.37. The fraction of sp³-hybridized carbons (Fsp3) is 0. The van der Waals surface area contributed by atoms with Gasteiger partial charge in [0.15, 0.2) is 5.69 Å². The molecule has 0 radical (unpaired) electrons. The number of aromatic carboxylic acids is 1. The van der Waals surface area contributed by atoms with Crippen LogP contribution in [0.25, 0.3) is 10.7 Å². The average Bonchev–Trinajstić information content (AvgIpc) is 2.68. The molecule has 0 aliphatic carbocycles. The highest BCUT2D eigenvalue weighted by Crippen LogP contribution is 2.22. The second-order valence-corrected chi connectivity index (χ2v) is 4.48. The summed E-state index contributed by atoms with van der Waals surface area (Å²) >= 11 is 4.54. The fourth-order valence-electron chi connectivity index (χ4n) is 0.992. The second kappa shape index (κ2) is 4.08. The zero-order chi connectivity index (χ0) is 10.8. The minimum absolute atomic E-state index is 0.0553. The molecule has 0 spiro atoms. The van der Waals surface area contributed by atoms with Crippen molar-refractivity contribution in [1.82, 2.24) is 9.97 Å². The zero-order valence-electron chi connectivity index (χ0n) is 7.35. The molecule has 0 aliphatic rings. The van der Waals surface area contributed by atoms with Gasteiger partial charge in [0.1, 0.15) is 5.01 Å². The SMILES string of the molecule is O=C(O)c1csc(-c2ccc(Br)cn2)n1. The van der Waals surface area contributed by atoms with Crippen molar-refractivity contribution in [3.05, 3.63) is 33.9 Å².